The van der Waals surface area contributed by atoms with Crippen molar-refractivity contribution in [3.63, 3.8) is 0 Å². The fourth-order valence-corrected chi connectivity index (χ4v) is 6.33. The van der Waals surface area contributed by atoms with Crippen LogP contribution in [-0.2, 0) is 0 Å². The van der Waals surface area contributed by atoms with E-state index in [-0.39, 0.29) is 23.1 Å². The molecule has 0 fully saturated rings. The van der Waals surface area contributed by atoms with E-state index in [9.17, 15) is 5.11 Å². The summed E-state index contributed by atoms with van der Waals surface area (Å²) in [7, 11) is 0. The van der Waals surface area contributed by atoms with Gasteiger partial charge in [0.25, 0.3) is 0 Å². The topological polar surface area (TPSA) is 64.5 Å². The Balaban J connectivity index is 0.00000392. The predicted octanol–water partition coefficient (Wildman–Crippen LogP) is 10.5. The average Bonchev–Trinajstić information content (AvgIpc) is 3.13. The molecule has 8 aromatic rings. The van der Waals surface area contributed by atoms with Gasteiger partial charge in [-0.05, 0) is 54.8 Å². The van der Waals surface area contributed by atoms with Crippen molar-refractivity contribution in [1.29, 1.82) is 0 Å². The number of rotatable bonds is 7. The second-order valence-corrected chi connectivity index (χ2v) is 12.0. The van der Waals surface area contributed by atoms with E-state index in [0.29, 0.717) is 39.7 Å². The zero-order chi connectivity index (χ0) is 33.3. The van der Waals surface area contributed by atoms with E-state index in [0.717, 1.165) is 49.9 Å². The molecule has 5 nitrogen and oxygen atoms in total. The standard InChI is InChI=1S/C44H32N2O3.Al.3H/c1-28-24-26-33-20-12-22-35(40(33)45-28)48-43-37(30-14-6-3-7-15-30)42(47)38(31-16-8-4-9-17-31)44(39(43)32-18-10-5-11-19-32)49-36-23-13-21-34-27-25-29(2)46-41(34)36;;;;/h3-27,47H,1-2H3;;;;. The summed E-state index contributed by atoms with van der Waals surface area (Å²) in [6.45, 7) is 3.93. The maximum Gasteiger partial charge on any atom is 0.187 e. The number of hydrogen-bond acceptors (Lipinski definition) is 5. The van der Waals surface area contributed by atoms with Gasteiger partial charge >= 0.3 is 0 Å². The molecule has 1 N–H and O–H groups in total. The zero-order valence-electron chi connectivity index (χ0n) is 27.1. The Hall–Kier alpha value is -5.93. The lowest BCUT2D eigenvalue weighted by Crippen LogP contribution is -2.01. The fraction of sp³-hybridized carbons (Fsp3) is 0.0455. The largest absolute Gasteiger partial charge is 0.506 e. The van der Waals surface area contributed by atoms with Crippen LogP contribution in [0.4, 0.5) is 0 Å². The highest BCUT2D eigenvalue weighted by Gasteiger charge is 2.30. The molecule has 0 atom stereocenters. The summed E-state index contributed by atoms with van der Waals surface area (Å²) in [5.41, 5.74) is 7.42. The molecular formula is C44H35AlN2O3. The van der Waals surface area contributed by atoms with Gasteiger partial charge in [0.05, 0.1) is 16.7 Å². The van der Waals surface area contributed by atoms with Gasteiger partial charge in [0.15, 0.2) is 40.4 Å². The first-order chi connectivity index (χ1) is 24.0. The third-order valence-corrected chi connectivity index (χ3v) is 8.64. The van der Waals surface area contributed by atoms with Gasteiger partial charge in [0.1, 0.15) is 16.8 Å². The average molecular weight is 667 g/mol. The summed E-state index contributed by atoms with van der Waals surface area (Å²) in [4.78, 5) is 9.74. The van der Waals surface area contributed by atoms with E-state index in [1.165, 1.54) is 0 Å². The lowest BCUT2D eigenvalue weighted by molar-refractivity contribution is 0.445. The van der Waals surface area contributed by atoms with Crippen molar-refractivity contribution < 1.29 is 14.6 Å². The molecule has 0 unspecified atom stereocenters. The second-order valence-electron chi connectivity index (χ2n) is 12.0. The SMILES string of the molecule is Cc1ccc2cccc(Oc3c(-c4ccccc4)c(O)c(-c4ccccc4)c(Oc4cccc5ccc(C)nc45)c3-c3ccccc3)c2n1.[AlH3]. The Kier molecular flexibility index (Phi) is 9.06. The van der Waals surface area contributed by atoms with Crippen molar-refractivity contribution in [2.24, 2.45) is 0 Å². The third-order valence-electron chi connectivity index (χ3n) is 8.64. The molecule has 0 aliphatic heterocycles. The molecule has 0 bridgehead atoms. The lowest BCUT2D eigenvalue weighted by Gasteiger charge is -2.25. The third kappa shape index (κ3) is 6.08. The summed E-state index contributed by atoms with van der Waals surface area (Å²) >= 11 is 0. The molecular weight excluding hydrogens is 631 g/mol. The highest BCUT2D eigenvalue weighted by molar-refractivity contribution is 6.00. The Morgan fingerprint density at radius 3 is 1.20 bits per heavy atom. The van der Waals surface area contributed by atoms with Gasteiger partial charge in [-0.25, -0.2) is 9.97 Å². The highest BCUT2D eigenvalue weighted by Crippen LogP contribution is 2.58. The maximum absolute atomic E-state index is 12.6. The Labute approximate surface area is 301 Å². The smallest absolute Gasteiger partial charge is 0.187 e. The molecule has 6 aromatic carbocycles. The van der Waals surface area contributed by atoms with E-state index >= 15 is 0 Å². The summed E-state index contributed by atoms with van der Waals surface area (Å²) < 4.78 is 14.1. The molecule has 8 rings (SSSR count). The van der Waals surface area contributed by atoms with Crippen LogP contribution >= 0.6 is 0 Å². The van der Waals surface area contributed by atoms with Gasteiger partial charge in [0, 0.05) is 22.2 Å². The van der Waals surface area contributed by atoms with Crippen LogP contribution in [0.2, 0.25) is 0 Å². The number of ether oxygens (including phenoxy) is 2. The van der Waals surface area contributed by atoms with Crippen molar-refractivity contribution >= 4 is 39.2 Å². The number of fused-ring (bicyclic) bond motifs is 2. The van der Waals surface area contributed by atoms with Crippen LogP contribution in [0.25, 0.3) is 55.2 Å². The molecule has 2 heterocycles. The molecule has 0 spiro atoms. The Morgan fingerprint density at radius 1 is 0.420 bits per heavy atom. The quantitative estimate of drug-likeness (QED) is 0.172. The first-order valence-electron chi connectivity index (χ1n) is 16.2. The number of benzene rings is 6. The molecule has 6 heteroatoms. The van der Waals surface area contributed by atoms with Crippen molar-refractivity contribution in [2.75, 3.05) is 0 Å². The van der Waals surface area contributed by atoms with E-state index < -0.39 is 0 Å². The zero-order valence-corrected chi connectivity index (χ0v) is 27.1. The monoisotopic (exact) mass is 666 g/mol. The minimum absolute atomic E-state index is 0. The lowest BCUT2D eigenvalue weighted by atomic mass is 9.89. The van der Waals surface area contributed by atoms with Crippen LogP contribution in [0.3, 0.4) is 0 Å². The number of aromatic hydroxyl groups is 1. The number of aromatic nitrogens is 2. The normalized spacial score (nSPS) is 10.9. The summed E-state index contributed by atoms with van der Waals surface area (Å²) in [5, 5.41) is 14.5. The Morgan fingerprint density at radius 2 is 0.800 bits per heavy atom. The molecule has 0 saturated carbocycles. The van der Waals surface area contributed by atoms with Gasteiger partial charge < -0.3 is 14.6 Å². The van der Waals surface area contributed by atoms with Crippen LogP contribution in [0.15, 0.2) is 152 Å². The molecule has 0 saturated heterocycles. The van der Waals surface area contributed by atoms with Gasteiger partial charge in [-0.3, -0.25) is 0 Å². The van der Waals surface area contributed by atoms with Crippen LogP contribution in [0.5, 0.6) is 28.7 Å². The predicted molar refractivity (Wildman–Crippen MR) is 207 cm³/mol. The van der Waals surface area contributed by atoms with Crippen LogP contribution in [-0.4, -0.2) is 32.4 Å². The first-order valence-corrected chi connectivity index (χ1v) is 16.2. The number of phenols is 1. The number of para-hydroxylation sites is 2. The molecule has 2 aromatic heterocycles. The molecule has 242 valence electrons. The summed E-state index contributed by atoms with van der Waals surface area (Å²) in [5.74, 6) is 2.07. The number of hydrogen-bond donors (Lipinski definition) is 1. The second kappa shape index (κ2) is 13.9. The van der Waals surface area contributed by atoms with Crippen molar-refractivity contribution in [3.8, 4) is 62.1 Å². The van der Waals surface area contributed by atoms with Crippen molar-refractivity contribution in [2.45, 2.75) is 13.8 Å². The van der Waals surface area contributed by atoms with E-state index in [1.807, 2.05) is 166 Å². The maximum atomic E-state index is 12.6. The number of phenolic OH excluding ortho intramolecular Hbond substituents is 1. The van der Waals surface area contributed by atoms with E-state index in [4.69, 9.17) is 19.4 Å². The van der Waals surface area contributed by atoms with Crippen LogP contribution < -0.4 is 9.47 Å². The Bertz CT molecular complexity index is 2320. The summed E-state index contributed by atoms with van der Waals surface area (Å²) in [6, 6.07) is 49.6. The van der Waals surface area contributed by atoms with Gasteiger partial charge in [-0.15, -0.1) is 0 Å². The fourth-order valence-electron chi connectivity index (χ4n) is 6.33. The van der Waals surface area contributed by atoms with Crippen molar-refractivity contribution in [3.05, 3.63) is 163 Å². The minimum atomic E-state index is 0. The molecule has 0 aliphatic carbocycles. The van der Waals surface area contributed by atoms with E-state index in [1.54, 1.807) is 0 Å². The van der Waals surface area contributed by atoms with Crippen LogP contribution in [0, 0.1) is 13.8 Å². The molecule has 0 amide bonds. The molecule has 50 heavy (non-hydrogen) atoms. The number of nitrogens with zero attached hydrogens (tertiary/aromatic N) is 2. The van der Waals surface area contributed by atoms with Crippen LogP contribution in [0.1, 0.15) is 11.4 Å². The number of pyridine rings is 2. The van der Waals surface area contributed by atoms with Gasteiger partial charge in [0.2, 0.25) is 0 Å². The highest BCUT2D eigenvalue weighted by atomic mass is 27.0. The molecule has 0 aliphatic rings. The first kappa shape index (κ1) is 32.6. The van der Waals surface area contributed by atoms with Crippen molar-refractivity contribution in [1.82, 2.24) is 9.97 Å². The minimum Gasteiger partial charge on any atom is -0.506 e. The molecule has 0 radical (unpaired) electrons. The van der Waals surface area contributed by atoms with Gasteiger partial charge in [-0.2, -0.15) is 0 Å². The summed E-state index contributed by atoms with van der Waals surface area (Å²) in [6.07, 6.45) is 0. The number of aryl methyl sites for hydroxylation is 2. The van der Waals surface area contributed by atoms with E-state index in [2.05, 4.69) is 0 Å². The van der Waals surface area contributed by atoms with Gasteiger partial charge in [-0.1, -0.05) is 127 Å².